The molecule has 192 valence electrons. The summed E-state index contributed by atoms with van der Waals surface area (Å²) in [5, 5.41) is 2.83. The topological polar surface area (TPSA) is 90.0 Å². The van der Waals surface area contributed by atoms with Gasteiger partial charge in [-0.2, -0.15) is 12.7 Å². The van der Waals surface area contributed by atoms with Gasteiger partial charge in [0, 0.05) is 27.2 Å². The Morgan fingerprint density at radius 2 is 1.60 bits per heavy atom. The van der Waals surface area contributed by atoms with Crippen molar-refractivity contribution in [2.45, 2.75) is 40.3 Å². The zero-order chi connectivity index (χ0) is 26.3. The normalized spacial score (nSPS) is 12.5. The Bertz CT molecular complexity index is 1140. The molecular weight excluding hydrogens is 471 g/mol. The monoisotopic (exact) mass is 506 g/mol. The van der Waals surface area contributed by atoms with Gasteiger partial charge in [0.05, 0.1) is 5.69 Å². The molecule has 0 spiro atoms. The fraction of sp³-hybridized carbons (Fsp3) is 0.440. The third-order valence-corrected chi connectivity index (χ3v) is 7.40. The summed E-state index contributed by atoms with van der Waals surface area (Å²) in [6.07, 6.45) is 0. The first-order chi connectivity index (χ1) is 16.4. The maximum absolute atomic E-state index is 14.6. The van der Waals surface area contributed by atoms with Gasteiger partial charge in [-0.05, 0) is 43.0 Å². The van der Waals surface area contributed by atoms with Gasteiger partial charge >= 0.3 is 10.2 Å². The molecule has 0 aliphatic carbocycles. The lowest BCUT2D eigenvalue weighted by Crippen LogP contribution is -2.52. The van der Waals surface area contributed by atoms with Crippen molar-refractivity contribution in [1.82, 2.24) is 14.5 Å². The van der Waals surface area contributed by atoms with Crippen LogP contribution >= 0.6 is 0 Å². The number of carbonyl (C=O) groups is 2. The van der Waals surface area contributed by atoms with Gasteiger partial charge in [-0.3, -0.25) is 9.59 Å². The van der Waals surface area contributed by atoms with Crippen LogP contribution in [-0.2, 0) is 26.3 Å². The minimum Gasteiger partial charge on any atom is -0.354 e. The first-order valence-electron chi connectivity index (χ1n) is 11.4. The summed E-state index contributed by atoms with van der Waals surface area (Å²) in [4.78, 5) is 27.8. The predicted octanol–water partition coefficient (Wildman–Crippen LogP) is 2.94. The van der Waals surface area contributed by atoms with Crippen molar-refractivity contribution in [3.63, 3.8) is 0 Å². The molecule has 0 saturated heterocycles. The summed E-state index contributed by atoms with van der Waals surface area (Å²) in [6, 6.07) is 11.9. The number of nitrogens with one attached hydrogen (secondary N) is 1. The van der Waals surface area contributed by atoms with Crippen LogP contribution in [0.3, 0.4) is 0 Å². The maximum Gasteiger partial charge on any atom is 0.304 e. The lowest BCUT2D eigenvalue weighted by molar-refractivity contribution is -0.139. The van der Waals surface area contributed by atoms with E-state index in [-0.39, 0.29) is 24.1 Å². The number of rotatable bonds is 11. The third kappa shape index (κ3) is 7.25. The Hall–Kier alpha value is -2.98. The number of hydrogen-bond donors (Lipinski definition) is 1. The van der Waals surface area contributed by atoms with E-state index in [1.54, 1.807) is 6.92 Å². The minimum absolute atomic E-state index is 0.0922. The summed E-state index contributed by atoms with van der Waals surface area (Å²) in [6.45, 7) is 7.26. The van der Waals surface area contributed by atoms with Crippen LogP contribution < -0.4 is 9.62 Å². The predicted molar refractivity (Wildman–Crippen MR) is 135 cm³/mol. The van der Waals surface area contributed by atoms with E-state index in [4.69, 9.17) is 0 Å². The molecule has 0 aliphatic heterocycles. The number of para-hydroxylation sites is 1. The fourth-order valence-corrected chi connectivity index (χ4v) is 4.43. The number of benzene rings is 2. The van der Waals surface area contributed by atoms with Crippen LogP contribution in [0.5, 0.6) is 0 Å². The Morgan fingerprint density at radius 1 is 1.00 bits per heavy atom. The Balaban J connectivity index is 2.46. The number of carbonyl (C=O) groups excluding carboxylic acids is 2. The molecule has 0 bridgehead atoms. The summed E-state index contributed by atoms with van der Waals surface area (Å²) in [7, 11) is -1.60. The van der Waals surface area contributed by atoms with Crippen molar-refractivity contribution in [2.24, 2.45) is 5.92 Å². The first kappa shape index (κ1) is 28.3. The maximum atomic E-state index is 14.6. The van der Waals surface area contributed by atoms with Crippen LogP contribution in [0.25, 0.3) is 0 Å². The summed E-state index contributed by atoms with van der Waals surface area (Å²) in [5.74, 6) is -1.55. The minimum atomic E-state index is -4.21. The quantitative estimate of drug-likeness (QED) is 0.508. The van der Waals surface area contributed by atoms with E-state index >= 15 is 0 Å². The van der Waals surface area contributed by atoms with Crippen molar-refractivity contribution in [2.75, 3.05) is 31.5 Å². The summed E-state index contributed by atoms with van der Waals surface area (Å²) < 4.78 is 42.4. The fourth-order valence-electron chi connectivity index (χ4n) is 3.36. The van der Waals surface area contributed by atoms with Gasteiger partial charge in [0.15, 0.2) is 0 Å². The van der Waals surface area contributed by atoms with Crippen LogP contribution in [0.4, 0.5) is 10.1 Å². The number of hydrogen-bond acceptors (Lipinski definition) is 4. The second-order valence-electron chi connectivity index (χ2n) is 9.01. The Kier molecular flexibility index (Phi) is 9.79. The van der Waals surface area contributed by atoms with E-state index in [2.05, 4.69) is 5.32 Å². The SMILES string of the molecule is Cc1ccccc1CN(C(=O)CN(c1ccccc1F)S(=O)(=O)N(C)C)[C@@H](C)C(=O)NCC(C)C. The highest BCUT2D eigenvalue weighted by molar-refractivity contribution is 7.90. The van der Waals surface area contributed by atoms with Gasteiger partial charge < -0.3 is 10.2 Å². The van der Waals surface area contributed by atoms with E-state index in [0.29, 0.717) is 6.54 Å². The van der Waals surface area contributed by atoms with Crippen molar-refractivity contribution in [3.05, 3.63) is 65.5 Å². The van der Waals surface area contributed by atoms with Gasteiger partial charge in [0.25, 0.3) is 0 Å². The van der Waals surface area contributed by atoms with Gasteiger partial charge in [-0.25, -0.2) is 8.70 Å². The lowest BCUT2D eigenvalue weighted by atomic mass is 10.1. The Morgan fingerprint density at radius 3 is 2.17 bits per heavy atom. The van der Waals surface area contributed by atoms with Gasteiger partial charge in [-0.1, -0.05) is 50.2 Å². The van der Waals surface area contributed by atoms with Crippen LogP contribution in [0.2, 0.25) is 0 Å². The molecule has 2 aromatic carbocycles. The molecule has 2 aromatic rings. The van der Waals surface area contributed by atoms with Gasteiger partial charge in [0.1, 0.15) is 18.4 Å². The van der Waals surface area contributed by atoms with E-state index < -0.39 is 34.5 Å². The zero-order valence-corrected chi connectivity index (χ0v) is 22.0. The average molecular weight is 507 g/mol. The second kappa shape index (κ2) is 12.1. The van der Waals surface area contributed by atoms with Crippen LogP contribution in [-0.4, -0.2) is 62.7 Å². The van der Waals surface area contributed by atoms with E-state index in [0.717, 1.165) is 25.8 Å². The first-order valence-corrected chi connectivity index (χ1v) is 12.8. The molecule has 0 radical (unpaired) electrons. The van der Waals surface area contributed by atoms with Gasteiger partial charge in [-0.15, -0.1) is 0 Å². The highest BCUT2D eigenvalue weighted by Gasteiger charge is 2.33. The zero-order valence-electron chi connectivity index (χ0n) is 21.2. The molecule has 1 atom stereocenters. The van der Waals surface area contributed by atoms with Crippen molar-refractivity contribution < 1.29 is 22.4 Å². The highest BCUT2D eigenvalue weighted by atomic mass is 32.2. The van der Waals surface area contributed by atoms with Crippen LogP contribution in [0.1, 0.15) is 31.9 Å². The molecule has 10 heteroatoms. The smallest absolute Gasteiger partial charge is 0.304 e. The molecule has 35 heavy (non-hydrogen) atoms. The molecule has 0 saturated carbocycles. The largest absolute Gasteiger partial charge is 0.354 e. The van der Waals surface area contributed by atoms with Gasteiger partial charge in [0.2, 0.25) is 11.8 Å². The number of anilines is 1. The molecule has 8 nitrogen and oxygen atoms in total. The molecule has 1 N–H and O–H groups in total. The molecule has 0 unspecified atom stereocenters. The highest BCUT2D eigenvalue weighted by Crippen LogP contribution is 2.24. The molecule has 2 amide bonds. The molecule has 0 fully saturated rings. The molecule has 0 aliphatic rings. The van der Waals surface area contributed by atoms with Crippen molar-refractivity contribution in [1.29, 1.82) is 0 Å². The van der Waals surface area contributed by atoms with Crippen molar-refractivity contribution >= 4 is 27.7 Å². The number of halogens is 1. The Labute approximate surface area is 207 Å². The number of aryl methyl sites for hydroxylation is 1. The van der Waals surface area contributed by atoms with E-state index in [1.165, 1.54) is 37.2 Å². The van der Waals surface area contributed by atoms with Crippen LogP contribution in [0, 0.1) is 18.7 Å². The lowest BCUT2D eigenvalue weighted by Gasteiger charge is -2.33. The molecule has 2 rings (SSSR count). The number of amides is 2. The molecular formula is C25H35FN4O4S. The summed E-state index contributed by atoms with van der Waals surface area (Å²) in [5.41, 5.74) is 1.49. The third-order valence-electron chi connectivity index (χ3n) is 5.59. The standard InChI is InChI=1S/C25H35FN4O4S/c1-18(2)15-27-25(32)20(4)29(16-21-12-8-7-11-19(21)3)24(31)17-30(35(33,34)28(5)6)23-14-10-9-13-22(23)26/h7-14,18,20H,15-17H2,1-6H3,(H,27,32)/t20-/m0/s1. The average Bonchev–Trinajstić information content (AvgIpc) is 2.80. The second-order valence-corrected chi connectivity index (χ2v) is 11.1. The molecule has 0 aromatic heterocycles. The van der Waals surface area contributed by atoms with E-state index in [9.17, 15) is 22.4 Å². The van der Waals surface area contributed by atoms with E-state index in [1.807, 2.05) is 45.0 Å². The summed E-state index contributed by atoms with van der Waals surface area (Å²) >= 11 is 0. The van der Waals surface area contributed by atoms with Crippen molar-refractivity contribution in [3.8, 4) is 0 Å². The molecule has 0 heterocycles. The number of nitrogens with zero attached hydrogens (tertiary/aromatic N) is 3. The van der Waals surface area contributed by atoms with Crippen LogP contribution in [0.15, 0.2) is 48.5 Å².